The van der Waals surface area contributed by atoms with E-state index in [-0.39, 0.29) is 5.91 Å². The summed E-state index contributed by atoms with van der Waals surface area (Å²) in [5.74, 6) is 0.589. The van der Waals surface area contributed by atoms with E-state index >= 15 is 0 Å². The van der Waals surface area contributed by atoms with Crippen LogP contribution < -0.4 is 15.1 Å². The van der Waals surface area contributed by atoms with Crippen LogP contribution in [0.5, 0.6) is 5.75 Å². The lowest BCUT2D eigenvalue weighted by atomic mass is 10.1. The van der Waals surface area contributed by atoms with Crippen LogP contribution in [-0.4, -0.2) is 18.7 Å². The normalized spacial score (nSPS) is 12.8. The van der Waals surface area contributed by atoms with Gasteiger partial charge in [-0.2, -0.15) is 5.10 Å². The molecule has 4 rings (SSSR count). The fourth-order valence-electron chi connectivity index (χ4n) is 3.47. The highest BCUT2D eigenvalue weighted by molar-refractivity contribution is 6.36. The summed E-state index contributed by atoms with van der Waals surface area (Å²) in [6.07, 6.45) is 1.50. The van der Waals surface area contributed by atoms with Gasteiger partial charge in [0.05, 0.1) is 17.8 Å². The Morgan fingerprint density at radius 1 is 1.06 bits per heavy atom. The SMILES string of the molecule is CCOc1ccc(N2Cc3ccc(C(=O)N/N=C\c4ccc(Cl)cc4Cl)cc3C2)cc1. The average molecular weight is 454 g/mol. The van der Waals surface area contributed by atoms with Crippen molar-refractivity contribution in [2.45, 2.75) is 20.0 Å². The Hall–Kier alpha value is -3.02. The van der Waals surface area contributed by atoms with Crippen LogP contribution in [0.25, 0.3) is 0 Å². The third-order valence-electron chi connectivity index (χ3n) is 5.04. The van der Waals surface area contributed by atoms with Crippen LogP contribution in [0.4, 0.5) is 5.69 Å². The number of amides is 1. The summed E-state index contributed by atoms with van der Waals surface area (Å²) in [4.78, 5) is 14.8. The molecule has 7 heteroatoms. The monoisotopic (exact) mass is 453 g/mol. The lowest BCUT2D eigenvalue weighted by molar-refractivity contribution is 0.0955. The van der Waals surface area contributed by atoms with Gasteiger partial charge in [-0.05, 0) is 66.6 Å². The minimum Gasteiger partial charge on any atom is -0.494 e. The van der Waals surface area contributed by atoms with Gasteiger partial charge >= 0.3 is 0 Å². The van der Waals surface area contributed by atoms with E-state index in [0.29, 0.717) is 27.8 Å². The van der Waals surface area contributed by atoms with E-state index < -0.39 is 0 Å². The molecule has 0 spiro atoms. The average Bonchev–Trinajstić information content (AvgIpc) is 3.19. The molecule has 1 N–H and O–H groups in total. The minimum absolute atomic E-state index is 0.274. The summed E-state index contributed by atoms with van der Waals surface area (Å²) in [7, 11) is 0. The maximum absolute atomic E-state index is 12.5. The highest BCUT2D eigenvalue weighted by Gasteiger charge is 2.20. The van der Waals surface area contributed by atoms with Crippen LogP contribution in [0, 0.1) is 0 Å². The number of ether oxygens (including phenoxy) is 1. The lowest BCUT2D eigenvalue weighted by Gasteiger charge is -2.18. The summed E-state index contributed by atoms with van der Waals surface area (Å²) in [6.45, 7) is 4.17. The highest BCUT2D eigenvalue weighted by Crippen LogP contribution is 2.30. The first kappa shape index (κ1) is 21.2. The predicted molar refractivity (Wildman–Crippen MR) is 125 cm³/mol. The Balaban J connectivity index is 1.41. The number of hydrogen-bond donors (Lipinski definition) is 1. The molecule has 0 bridgehead atoms. The number of rotatable bonds is 6. The van der Waals surface area contributed by atoms with Crippen LogP contribution in [-0.2, 0) is 13.1 Å². The second-order valence-electron chi connectivity index (χ2n) is 7.13. The van der Waals surface area contributed by atoms with Gasteiger partial charge in [0.1, 0.15) is 5.75 Å². The van der Waals surface area contributed by atoms with Gasteiger partial charge in [-0.3, -0.25) is 4.79 Å². The molecule has 158 valence electrons. The van der Waals surface area contributed by atoms with Crippen molar-refractivity contribution in [1.82, 2.24) is 5.43 Å². The first-order valence-corrected chi connectivity index (χ1v) is 10.7. The van der Waals surface area contributed by atoms with E-state index in [2.05, 4.69) is 27.6 Å². The molecule has 0 saturated heterocycles. The molecular formula is C24H21Cl2N3O2. The van der Waals surface area contributed by atoms with Crippen LogP contribution >= 0.6 is 23.2 Å². The Kier molecular flexibility index (Phi) is 6.44. The molecule has 0 unspecified atom stereocenters. The van der Waals surface area contributed by atoms with Crippen molar-refractivity contribution in [3.05, 3.63) is 93.0 Å². The number of carbonyl (C=O) groups excluding carboxylic acids is 1. The number of hydrazone groups is 1. The van der Waals surface area contributed by atoms with Gasteiger partial charge in [-0.15, -0.1) is 0 Å². The third-order valence-corrected chi connectivity index (χ3v) is 5.60. The maximum Gasteiger partial charge on any atom is 0.271 e. The van der Waals surface area contributed by atoms with E-state index in [0.717, 1.165) is 30.1 Å². The summed E-state index contributed by atoms with van der Waals surface area (Å²) in [5, 5.41) is 5.03. The lowest BCUT2D eigenvalue weighted by Crippen LogP contribution is -2.18. The fourth-order valence-corrected chi connectivity index (χ4v) is 3.93. The molecule has 0 saturated carbocycles. The van der Waals surface area contributed by atoms with Crippen molar-refractivity contribution in [3.8, 4) is 5.75 Å². The molecule has 0 aromatic heterocycles. The predicted octanol–water partition coefficient (Wildman–Crippen LogP) is 5.68. The quantitative estimate of drug-likeness (QED) is 0.385. The van der Waals surface area contributed by atoms with E-state index in [4.69, 9.17) is 27.9 Å². The van der Waals surface area contributed by atoms with Crippen LogP contribution in [0.3, 0.4) is 0 Å². The first-order chi connectivity index (χ1) is 15.0. The molecule has 1 aliphatic rings. The molecule has 0 radical (unpaired) electrons. The molecule has 3 aromatic rings. The van der Waals surface area contributed by atoms with Gasteiger partial charge in [-0.1, -0.05) is 35.3 Å². The number of nitrogens with zero attached hydrogens (tertiary/aromatic N) is 2. The number of benzene rings is 3. The van der Waals surface area contributed by atoms with Crippen molar-refractivity contribution >= 4 is 41.0 Å². The largest absolute Gasteiger partial charge is 0.494 e. The Morgan fingerprint density at radius 3 is 2.58 bits per heavy atom. The third kappa shape index (κ3) is 5.01. The molecule has 1 aliphatic heterocycles. The van der Waals surface area contributed by atoms with Crippen LogP contribution in [0.2, 0.25) is 10.0 Å². The molecule has 0 aliphatic carbocycles. The van der Waals surface area contributed by atoms with E-state index in [1.54, 1.807) is 18.2 Å². The van der Waals surface area contributed by atoms with Gasteiger partial charge in [0.15, 0.2) is 0 Å². The standard InChI is InChI=1S/C24H21Cl2N3O2/c1-2-31-22-9-7-21(8-10-22)29-14-18-4-3-16(11-19(18)15-29)24(30)28-27-13-17-5-6-20(25)12-23(17)26/h3-13H,2,14-15H2,1H3,(H,28,30)/b27-13-. The van der Waals surface area contributed by atoms with Gasteiger partial charge in [0.2, 0.25) is 0 Å². The maximum atomic E-state index is 12.5. The summed E-state index contributed by atoms with van der Waals surface area (Å²) in [5.41, 5.74) is 7.25. The van der Waals surface area contributed by atoms with Crippen molar-refractivity contribution in [2.24, 2.45) is 5.10 Å². The van der Waals surface area contributed by atoms with Gasteiger partial charge in [0, 0.05) is 34.9 Å². The number of carbonyl (C=O) groups is 1. The molecular weight excluding hydrogens is 433 g/mol. The first-order valence-electron chi connectivity index (χ1n) is 9.91. The van der Waals surface area contributed by atoms with Crippen molar-refractivity contribution in [1.29, 1.82) is 0 Å². The molecule has 5 nitrogen and oxygen atoms in total. The zero-order chi connectivity index (χ0) is 21.8. The second-order valence-corrected chi connectivity index (χ2v) is 7.98. The van der Waals surface area contributed by atoms with Crippen molar-refractivity contribution < 1.29 is 9.53 Å². The van der Waals surface area contributed by atoms with Gasteiger partial charge < -0.3 is 9.64 Å². The number of nitrogens with one attached hydrogen (secondary N) is 1. The zero-order valence-electron chi connectivity index (χ0n) is 16.9. The molecule has 1 heterocycles. The highest BCUT2D eigenvalue weighted by atomic mass is 35.5. The van der Waals surface area contributed by atoms with E-state index in [1.165, 1.54) is 11.8 Å². The number of fused-ring (bicyclic) bond motifs is 1. The molecule has 1 amide bonds. The summed E-state index contributed by atoms with van der Waals surface area (Å²) >= 11 is 12.0. The molecule has 0 fully saturated rings. The minimum atomic E-state index is -0.274. The van der Waals surface area contributed by atoms with Crippen molar-refractivity contribution in [3.63, 3.8) is 0 Å². The molecule has 31 heavy (non-hydrogen) atoms. The number of anilines is 1. The summed E-state index contributed by atoms with van der Waals surface area (Å²) < 4.78 is 5.51. The Bertz CT molecular complexity index is 1130. The number of halogens is 2. The molecule has 0 atom stereocenters. The zero-order valence-corrected chi connectivity index (χ0v) is 18.5. The van der Waals surface area contributed by atoms with Crippen LogP contribution in [0.1, 0.15) is 34.0 Å². The second kappa shape index (κ2) is 9.41. The van der Waals surface area contributed by atoms with E-state index in [9.17, 15) is 4.79 Å². The van der Waals surface area contributed by atoms with Crippen molar-refractivity contribution in [2.75, 3.05) is 11.5 Å². The topological polar surface area (TPSA) is 53.9 Å². The summed E-state index contributed by atoms with van der Waals surface area (Å²) in [6, 6.07) is 18.9. The van der Waals surface area contributed by atoms with Crippen LogP contribution in [0.15, 0.2) is 65.8 Å². The van der Waals surface area contributed by atoms with Gasteiger partial charge in [0.25, 0.3) is 5.91 Å². The Morgan fingerprint density at radius 2 is 1.84 bits per heavy atom. The molecule has 3 aromatic carbocycles. The Labute approximate surface area is 191 Å². The van der Waals surface area contributed by atoms with E-state index in [1.807, 2.05) is 37.3 Å². The fraction of sp³-hybridized carbons (Fsp3) is 0.167. The smallest absolute Gasteiger partial charge is 0.271 e. The number of hydrogen-bond acceptors (Lipinski definition) is 4. The van der Waals surface area contributed by atoms with Gasteiger partial charge in [-0.25, -0.2) is 5.43 Å².